The van der Waals surface area contributed by atoms with E-state index >= 15 is 0 Å². The zero-order valence-corrected chi connectivity index (χ0v) is 14.2. The summed E-state index contributed by atoms with van der Waals surface area (Å²) < 4.78 is 38.0. The van der Waals surface area contributed by atoms with Crippen LogP contribution in [0, 0.1) is 0 Å². The van der Waals surface area contributed by atoms with E-state index in [0.717, 1.165) is 17.3 Å². The molecule has 130 valence electrons. The van der Waals surface area contributed by atoms with E-state index in [9.17, 15) is 18.0 Å². The van der Waals surface area contributed by atoms with Gasteiger partial charge in [-0.1, -0.05) is 35.5 Å². The number of amides is 1. The lowest BCUT2D eigenvalue weighted by Gasteiger charge is -2.09. The van der Waals surface area contributed by atoms with Crippen molar-refractivity contribution in [2.45, 2.75) is 24.8 Å². The van der Waals surface area contributed by atoms with Crippen molar-refractivity contribution < 1.29 is 18.0 Å². The first kappa shape index (κ1) is 18.6. The number of hydrogen-bond donors (Lipinski definition) is 1. The van der Waals surface area contributed by atoms with Gasteiger partial charge in [-0.3, -0.25) is 4.79 Å². The Balaban J connectivity index is 2.06. The third-order valence-electron chi connectivity index (χ3n) is 2.93. The molecule has 0 radical (unpaired) electrons. The van der Waals surface area contributed by atoms with Crippen LogP contribution in [0.1, 0.15) is 6.92 Å². The minimum absolute atomic E-state index is 0.177. The van der Waals surface area contributed by atoms with E-state index in [0.29, 0.717) is 22.5 Å². The van der Waals surface area contributed by atoms with Crippen LogP contribution in [0.2, 0.25) is 5.02 Å². The summed E-state index contributed by atoms with van der Waals surface area (Å²) >= 11 is 6.99. The Labute approximate surface area is 145 Å². The second-order valence-corrected chi connectivity index (χ2v) is 6.12. The Hall–Kier alpha value is -1.74. The molecule has 0 fully saturated rings. The normalized spacial score (nSPS) is 11.5. The maximum atomic E-state index is 12.1. The van der Waals surface area contributed by atoms with E-state index in [2.05, 4.69) is 10.2 Å². The number of nitrogens with one attached hydrogen (secondary N) is 1. The molecule has 10 heteroatoms. The van der Waals surface area contributed by atoms with E-state index in [-0.39, 0.29) is 5.75 Å². The van der Waals surface area contributed by atoms with Gasteiger partial charge in [0.2, 0.25) is 5.91 Å². The van der Waals surface area contributed by atoms with Gasteiger partial charge >= 0.3 is 6.18 Å². The number of benzene rings is 1. The fraction of sp³-hybridized carbons (Fsp3) is 0.357. The highest BCUT2D eigenvalue weighted by atomic mass is 35.5. The minimum Gasteiger partial charge on any atom is -0.346 e. The molecule has 0 saturated carbocycles. The van der Waals surface area contributed by atoms with Crippen LogP contribution in [0.25, 0.3) is 11.4 Å². The van der Waals surface area contributed by atoms with E-state index in [1.54, 1.807) is 22.8 Å². The first-order valence-corrected chi connectivity index (χ1v) is 8.32. The number of carbonyl (C=O) groups excluding carboxylic acids is 1. The summed E-state index contributed by atoms with van der Waals surface area (Å²) in [6.45, 7) is 1.08. The number of thioether (sulfide) groups is 1. The molecule has 5 nitrogen and oxygen atoms in total. The lowest BCUT2D eigenvalue weighted by molar-refractivity contribution is -0.136. The molecule has 1 aromatic carbocycles. The zero-order valence-electron chi connectivity index (χ0n) is 12.6. The number of rotatable bonds is 6. The summed E-state index contributed by atoms with van der Waals surface area (Å²) in [7, 11) is 0. The number of hydrogen-bond acceptors (Lipinski definition) is 4. The van der Waals surface area contributed by atoms with Crippen LogP contribution in [0.3, 0.4) is 0 Å². The van der Waals surface area contributed by atoms with Crippen molar-refractivity contribution in [2.75, 3.05) is 12.3 Å². The van der Waals surface area contributed by atoms with Crippen molar-refractivity contribution in [1.29, 1.82) is 0 Å². The molecule has 2 rings (SSSR count). The Morgan fingerprint density at radius 1 is 1.38 bits per heavy atom. The Kier molecular flexibility index (Phi) is 6.11. The van der Waals surface area contributed by atoms with Gasteiger partial charge in [0.05, 0.1) is 5.75 Å². The SMILES string of the molecule is CCn1c(SCC(=O)NCC(F)(F)F)nnc1-c1cccc(Cl)c1. The first-order valence-electron chi connectivity index (χ1n) is 6.95. The fourth-order valence-electron chi connectivity index (χ4n) is 1.90. The average molecular weight is 379 g/mol. The van der Waals surface area contributed by atoms with Crippen molar-refractivity contribution in [3.63, 3.8) is 0 Å². The van der Waals surface area contributed by atoms with E-state index in [1.165, 1.54) is 0 Å². The summed E-state index contributed by atoms with van der Waals surface area (Å²) in [6, 6.07) is 7.08. The number of aromatic nitrogens is 3. The van der Waals surface area contributed by atoms with Crippen LogP contribution in [0.5, 0.6) is 0 Å². The van der Waals surface area contributed by atoms with Crippen LogP contribution in [0.15, 0.2) is 29.4 Å². The lowest BCUT2D eigenvalue weighted by atomic mass is 10.2. The molecule has 0 aliphatic heterocycles. The molecule has 0 atom stereocenters. The molecule has 0 aliphatic carbocycles. The smallest absolute Gasteiger partial charge is 0.346 e. The zero-order chi connectivity index (χ0) is 17.7. The van der Waals surface area contributed by atoms with Gasteiger partial charge in [0.25, 0.3) is 0 Å². The molecule has 1 N–H and O–H groups in total. The number of halogens is 4. The summed E-state index contributed by atoms with van der Waals surface area (Å²) in [4.78, 5) is 11.5. The van der Waals surface area contributed by atoms with Crippen LogP contribution in [-0.4, -0.2) is 39.1 Å². The molecule has 0 spiro atoms. The Morgan fingerprint density at radius 2 is 2.12 bits per heavy atom. The summed E-state index contributed by atoms with van der Waals surface area (Å²) in [5, 5.41) is 10.9. The predicted octanol–water partition coefficient (Wildman–Crippen LogP) is 3.39. The summed E-state index contributed by atoms with van der Waals surface area (Å²) in [5.41, 5.74) is 0.769. The fourth-order valence-corrected chi connectivity index (χ4v) is 2.92. The number of nitrogens with zero attached hydrogens (tertiary/aromatic N) is 3. The molecule has 1 aromatic heterocycles. The maximum Gasteiger partial charge on any atom is 0.405 e. The quantitative estimate of drug-likeness (QED) is 0.783. The van der Waals surface area contributed by atoms with Crippen molar-refractivity contribution in [3.05, 3.63) is 29.3 Å². The molecule has 1 heterocycles. The van der Waals surface area contributed by atoms with Gasteiger partial charge in [-0.25, -0.2) is 0 Å². The van der Waals surface area contributed by atoms with Gasteiger partial charge in [-0.05, 0) is 19.1 Å². The van der Waals surface area contributed by atoms with E-state index < -0.39 is 18.6 Å². The summed E-state index contributed by atoms with van der Waals surface area (Å²) in [6.07, 6.45) is -4.43. The molecule has 0 aliphatic rings. The monoisotopic (exact) mass is 378 g/mol. The van der Waals surface area contributed by atoms with Gasteiger partial charge in [-0.15, -0.1) is 10.2 Å². The van der Waals surface area contributed by atoms with Gasteiger partial charge in [0.1, 0.15) is 6.54 Å². The Morgan fingerprint density at radius 3 is 2.75 bits per heavy atom. The highest BCUT2D eigenvalue weighted by molar-refractivity contribution is 7.99. The van der Waals surface area contributed by atoms with Crippen molar-refractivity contribution >= 4 is 29.3 Å². The Bertz CT molecular complexity index is 720. The molecular weight excluding hydrogens is 365 g/mol. The second kappa shape index (κ2) is 7.89. The van der Waals surface area contributed by atoms with Crippen LogP contribution >= 0.6 is 23.4 Å². The highest BCUT2D eigenvalue weighted by Crippen LogP contribution is 2.25. The molecule has 0 saturated heterocycles. The van der Waals surface area contributed by atoms with E-state index in [4.69, 9.17) is 11.6 Å². The topological polar surface area (TPSA) is 59.8 Å². The third kappa shape index (κ3) is 5.13. The average Bonchev–Trinajstić information content (AvgIpc) is 2.93. The second-order valence-electron chi connectivity index (χ2n) is 4.74. The summed E-state index contributed by atoms with van der Waals surface area (Å²) in [5.74, 6) is -0.311. The molecule has 0 bridgehead atoms. The van der Waals surface area contributed by atoms with Crippen molar-refractivity contribution in [1.82, 2.24) is 20.1 Å². The predicted molar refractivity (Wildman–Crippen MR) is 85.9 cm³/mol. The van der Waals surface area contributed by atoms with Gasteiger partial charge in [0, 0.05) is 17.1 Å². The number of carbonyl (C=O) groups is 1. The van der Waals surface area contributed by atoms with Crippen LogP contribution < -0.4 is 5.32 Å². The first-order chi connectivity index (χ1) is 11.3. The van der Waals surface area contributed by atoms with Crippen molar-refractivity contribution in [2.24, 2.45) is 0 Å². The highest BCUT2D eigenvalue weighted by Gasteiger charge is 2.27. The standard InChI is InChI=1S/C14H14ClF3N4OS/c1-2-22-12(9-4-3-5-10(15)6-9)20-21-13(22)24-7-11(23)19-8-14(16,17)18/h3-6H,2,7-8H2,1H3,(H,19,23). The minimum atomic E-state index is -4.43. The van der Waals surface area contributed by atoms with E-state index in [1.807, 2.05) is 18.3 Å². The van der Waals surface area contributed by atoms with Gasteiger partial charge in [-0.2, -0.15) is 13.2 Å². The van der Waals surface area contributed by atoms with Crippen LogP contribution in [-0.2, 0) is 11.3 Å². The molecule has 2 aromatic rings. The molecular formula is C14H14ClF3N4OS. The maximum absolute atomic E-state index is 12.1. The molecule has 1 amide bonds. The van der Waals surface area contributed by atoms with Gasteiger partial charge < -0.3 is 9.88 Å². The molecule has 24 heavy (non-hydrogen) atoms. The largest absolute Gasteiger partial charge is 0.405 e. The van der Waals surface area contributed by atoms with Crippen LogP contribution in [0.4, 0.5) is 13.2 Å². The lowest BCUT2D eigenvalue weighted by Crippen LogP contribution is -2.34. The number of alkyl halides is 3. The molecule has 0 unspecified atom stereocenters. The third-order valence-corrected chi connectivity index (χ3v) is 4.14. The van der Waals surface area contributed by atoms with Crippen molar-refractivity contribution in [3.8, 4) is 11.4 Å². The van der Waals surface area contributed by atoms with Gasteiger partial charge in [0.15, 0.2) is 11.0 Å².